The second kappa shape index (κ2) is 10.1. The summed E-state index contributed by atoms with van der Waals surface area (Å²) in [7, 11) is 0. The number of rotatable bonds is 7. The maximum Gasteiger partial charge on any atom is 0.310 e. The summed E-state index contributed by atoms with van der Waals surface area (Å²) >= 11 is 0. The first kappa shape index (κ1) is 23.5. The van der Waals surface area contributed by atoms with Crippen LogP contribution >= 0.6 is 0 Å². The predicted octanol–water partition coefficient (Wildman–Crippen LogP) is 5.63. The molecule has 1 saturated carbocycles. The number of imidazole rings is 1. The van der Waals surface area contributed by atoms with Crippen molar-refractivity contribution in [2.45, 2.75) is 77.4 Å². The molecule has 0 saturated heterocycles. The molecule has 0 radical (unpaired) electrons. The summed E-state index contributed by atoms with van der Waals surface area (Å²) in [6.07, 6.45) is 5.62. The minimum absolute atomic E-state index is 0.0605. The number of fused-ring (bicyclic) bond motifs is 1. The van der Waals surface area contributed by atoms with Crippen LogP contribution in [0, 0.1) is 5.92 Å². The number of hydrogen-bond acceptors (Lipinski definition) is 4. The maximum absolute atomic E-state index is 12.9. The van der Waals surface area contributed by atoms with Crippen molar-refractivity contribution in [1.82, 2.24) is 9.55 Å². The molecule has 0 aliphatic heterocycles. The molecule has 4 rings (SSSR count). The van der Waals surface area contributed by atoms with E-state index in [1.165, 1.54) is 11.1 Å². The number of aryl methyl sites for hydroxylation is 1. The Morgan fingerprint density at radius 2 is 1.82 bits per heavy atom. The lowest BCUT2D eigenvalue weighted by Crippen LogP contribution is -2.33. The van der Waals surface area contributed by atoms with Gasteiger partial charge in [0.25, 0.3) is 0 Å². The van der Waals surface area contributed by atoms with Gasteiger partial charge in [-0.3, -0.25) is 4.79 Å². The monoisotopic (exact) mass is 448 g/mol. The summed E-state index contributed by atoms with van der Waals surface area (Å²) in [5.41, 5.74) is 4.09. The van der Waals surface area contributed by atoms with E-state index in [0.717, 1.165) is 55.5 Å². The molecule has 176 valence electrons. The minimum atomic E-state index is -0.454. The summed E-state index contributed by atoms with van der Waals surface area (Å²) in [6.45, 7) is 6.71. The van der Waals surface area contributed by atoms with E-state index < -0.39 is 5.60 Å². The number of esters is 1. The van der Waals surface area contributed by atoms with Gasteiger partial charge in [-0.05, 0) is 69.2 Å². The average molecular weight is 449 g/mol. The molecule has 0 spiro atoms. The van der Waals surface area contributed by atoms with Crippen LogP contribution in [0.3, 0.4) is 0 Å². The quantitative estimate of drug-likeness (QED) is 0.476. The lowest BCUT2D eigenvalue weighted by atomic mass is 9.75. The number of benzene rings is 2. The van der Waals surface area contributed by atoms with Crippen molar-refractivity contribution < 1.29 is 14.6 Å². The highest BCUT2D eigenvalue weighted by Gasteiger charge is 2.35. The Labute approximate surface area is 196 Å². The molecular formula is C28H36N2O3. The van der Waals surface area contributed by atoms with Crippen molar-refractivity contribution in [1.29, 1.82) is 0 Å². The Kier molecular flexibility index (Phi) is 7.18. The third-order valence-electron chi connectivity index (χ3n) is 6.52. The number of hydrogen-bond donors (Lipinski definition) is 1. The molecule has 0 amide bonds. The zero-order chi connectivity index (χ0) is 23.4. The molecule has 0 unspecified atom stereocenters. The highest BCUT2D eigenvalue weighted by molar-refractivity contribution is 5.76. The number of carbonyl (C=O) groups excluding carboxylic acids is 1. The van der Waals surface area contributed by atoms with Crippen LogP contribution in [0.25, 0.3) is 11.0 Å². The summed E-state index contributed by atoms with van der Waals surface area (Å²) in [4.78, 5) is 17.7. The summed E-state index contributed by atoms with van der Waals surface area (Å²) in [6, 6.07) is 16.9. The fourth-order valence-corrected chi connectivity index (χ4v) is 4.97. The molecule has 2 aromatic carbocycles. The Morgan fingerprint density at radius 3 is 2.55 bits per heavy atom. The van der Waals surface area contributed by atoms with Crippen LogP contribution in [0.4, 0.5) is 0 Å². The van der Waals surface area contributed by atoms with Gasteiger partial charge in [0.1, 0.15) is 11.4 Å². The molecule has 1 fully saturated rings. The first-order valence-electron chi connectivity index (χ1n) is 12.2. The largest absolute Gasteiger partial charge is 0.460 e. The Balaban J connectivity index is 1.54. The van der Waals surface area contributed by atoms with Crippen molar-refractivity contribution in [3.8, 4) is 0 Å². The molecule has 1 heterocycles. The van der Waals surface area contributed by atoms with Crippen LogP contribution in [0.1, 0.15) is 75.7 Å². The van der Waals surface area contributed by atoms with Crippen LogP contribution in [0.5, 0.6) is 0 Å². The van der Waals surface area contributed by atoms with Gasteiger partial charge in [0.2, 0.25) is 0 Å². The molecule has 1 aliphatic carbocycles. The average Bonchev–Trinajstić information content (AvgIpc) is 3.14. The number of nitrogens with zero attached hydrogens (tertiary/aromatic N) is 2. The number of aliphatic hydroxyl groups is 1. The normalized spacial score (nSPS) is 19.0. The van der Waals surface area contributed by atoms with E-state index in [2.05, 4.69) is 34.9 Å². The number of para-hydroxylation sites is 2. The molecule has 2 atom stereocenters. The van der Waals surface area contributed by atoms with Crippen LogP contribution < -0.4 is 0 Å². The van der Waals surface area contributed by atoms with Gasteiger partial charge in [0, 0.05) is 19.6 Å². The van der Waals surface area contributed by atoms with Gasteiger partial charge in [-0.25, -0.2) is 4.98 Å². The smallest absolute Gasteiger partial charge is 0.310 e. The Hall–Kier alpha value is -2.66. The van der Waals surface area contributed by atoms with Crippen LogP contribution in [0.2, 0.25) is 0 Å². The van der Waals surface area contributed by atoms with Gasteiger partial charge >= 0.3 is 5.97 Å². The third kappa shape index (κ3) is 5.64. The van der Waals surface area contributed by atoms with Crippen LogP contribution in [-0.2, 0) is 22.5 Å². The molecule has 1 N–H and O–H groups in total. The second-order valence-electron chi connectivity index (χ2n) is 10.2. The van der Waals surface area contributed by atoms with Crippen molar-refractivity contribution in [2.75, 3.05) is 6.61 Å². The van der Waals surface area contributed by atoms with E-state index in [4.69, 9.17) is 9.72 Å². The van der Waals surface area contributed by atoms with Crippen molar-refractivity contribution in [3.63, 3.8) is 0 Å². The summed E-state index contributed by atoms with van der Waals surface area (Å²) in [5.74, 6) is 1.10. The van der Waals surface area contributed by atoms with Gasteiger partial charge in [-0.2, -0.15) is 0 Å². The Bertz CT molecular complexity index is 1080. The fraction of sp³-hybridized carbons (Fsp3) is 0.500. The van der Waals surface area contributed by atoms with Gasteiger partial charge in [-0.15, -0.1) is 0 Å². The third-order valence-corrected chi connectivity index (χ3v) is 6.52. The number of carbonyl (C=O) groups is 1. The number of aliphatic hydroxyl groups excluding tert-OH is 1. The minimum Gasteiger partial charge on any atom is -0.460 e. The standard InChI is InChI=1S/C28H36N2O3/c1-28(2,3)33-27(32)23-10-5-4-9-22(23)21-16-14-20(15-17-21)19-30-25-12-7-6-11-24(25)29-26(30)13-8-18-31/h6-7,11-12,14-17,22-23,31H,4-5,8-10,13,18-19H2,1-3H3/t22-,23+/m0/s1. The van der Waals surface area contributed by atoms with Gasteiger partial charge in [0.05, 0.1) is 17.0 Å². The van der Waals surface area contributed by atoms with Crippen molar-refractivity contribution in [2.24, 2.45) is 5.92 Å². The van der Waals surface area contributed by atoms with Gasteiger partial charge < -0.3 is 14.4 Å². The van der Waals surface area contributed by atoms with Crippen LogP contribution in [-0.4, -0.2) is 32.8 Å². The second-order valence-corrected chi connectivity index (χ2v) is 10.2. The molecule has 5 heteroatoms. The molecular weight excluding hydrogens is 412 g/mol. The van der Waals surface area contributed by atoms with E-state index in [9.17, 15) is 9.90 Å². The lowest BCUT2D eigenvalue weighted by molar-refractivity contribution is -0.161. The summed E-state index contributed by atoms with van der Waals surface area (Å²) < 4.78 is 8.00. The SMILES string of the molecule is CC(C)(C)OC(=O)[C@@H]1CCCC[C@H]1c1ccc(Cn2c(CCCO)nc3ccccc32)cc1. The lowest BCUT2D eigenvalue weighted by Gasteiger charge is -2.32. The molecule has 1 aliphatic rings. The van der Waals surface area contributed by atoms with E-state index in [0.29, 0.717) is 6.42 Å². The zero-order valence-corrected chi connectivity index (χ0v) is 20.1. The molecule has 1 aromatic heterocycles. The fourth-order valence-electron chi connectivity index (χ4n) is 4.97. The number of aromatic nitrogens is 2. The highest BCUT2D eigenvalue weighted by Crippen LogP contribution is 2.39. The van der Waals surface area contributed by atoms with E-state index in [1.807, 2.05) is 39.0 Å². The van der Waals surface area contributed by atoms with Crippen molar-refractivity contribution in [3.05, 3.63) is 65.5 Å². The van der Waals surface area contributed by atoms with E-state index >= 15 is 0 Å². The molecule has 5 nitrogen and oxygen atoms in total. The van der Waals surface area contributed by atoms with E-state index in [-0.39, 0.29) is 24.4 Å². The summed E-state index contributed by atoms with van der Waals surface area (Å²) in [5, 5.41) is 9.29. The highest BCUT2D eigenvalue weighted by atomic mass is 16.6. The van der Waals surface area contributed by atoms with Gasteiger partial charge in [-0.1, -0.05) is 49.2 Å². The first-order valence-corrected chi connectivity index (χ1v) is 12.2. The van der Waals surface area contributed by atoms with E-state index in [1.54, 1.807) is 0 Å². The van der Waals surface area contributed by atoms with Gasteiger partial charge in [0.15, 0.2) is 0 Å². The predicted molar refractivity (Wildman–Crippen MR) is 131 cm³/mol. The first-order chi connectivity index (χ1) is 15.9. The Morgan fingerprint density at radius 1 is 1.09 bits per heavy atom. The molecule has 33 heavy (non-hydrogen) atoms. The molecule has 0 bridgehead atoms. The maximum atomic E-state index is 12.9. The van der Waals surface area contributed by atoms with Crippen LogP contribution in [0.15, 0.2) is 48.5 Å². The number of ether oxygens (including phenoxy) is 1. The molecule has 3 aromatic rings. The topological polar surface area (TPSA) is 64.3 Å². The van der Waals surface area contributed by atoms with Crippen molar-refractivity contribution >= 4 is 17.0 Å². The zero-order valence-electron chi connectivity index (χ0n) is 20.1.